The SMILES string of the molecule is CCCNCCCc1c(C)nc(C2CCC(C)C2)nc1C. The van der Waals surface area contributed by atoms with Gasteiger partial charge >= 0.3 is 0 Å². The molecule has 2 rings (SSSR count). The van der Waals surface area contributed by atoms with E-state index >= 15 is 0 Å². The van der Waals surface area contributed by atoms with Gasteiger partial charge in [0.1, 0.15) is 5.82 Å². The van der Waals surface area contributed by atoms with Crippen LogP contribution in [0.2, 0.25) is 0 Å². The molecule has 0 aromatic carbocycles. The smallest absolute Gasteiger partial charge is 0.131 e. The van der Waals surface area contributed by atoms with Crippen molar-refractivity contribution in [1.82, 2.24) is 15.3 Å². The summed E-state index contributed by atoms with van der Waals surface area (Å²) in [6.45, 7) is 11.1. The van der Waals surface area contributed by atoms with Gasteiger partial charge in [-0.15, -0.1) is 0 Å². The Hall–Kier alpha value is -0.960. The van der Waals surface area contributed by atoms with E-state index in [2.05, 4.69) is 33.0 Å². The molecule has 1 saturated carbocycles. The number of hydrogen-bond donors (Lipinski definition) is 1. The molecule has 1 heterocycles. The predicted octanol–water partition coefficient (Wildman–Crippen LogP) is 3.93. The van der Waals surface area contributed by atoms with Gasteiger partial charge in [-0.1, -0.05) is 13.8 Å². The Labute approximate surface area is 130 Å². The summed E-state index contributed by atoms with van der Waals surface area (Å²) in [6, 6.07) is 0. The molecule has 1 aromatic rings. The maximum Gasteiger partial charge on any atom is 0.131 e. The van der Waals surface area contributed by atoms with Crippen molar-refractivity contribution in [3.63, 3.8) is 0 Å². The number of aryl methyl sites for hydroxylation is 2. The third-order valence-corrected chi connectivity index (χ3v) is 4.71. The number of aromatic nitrogens is 2. The van der Waals surface area contributed by atoms with Crippen molar-refractivity contribution >= 4 is 0 Å². The molecule has 0 amide bonds. The molecule has 21 heavy (non-hydrogen) atoms. The van der Waals surface area contributed by atoms with Crippen LogP contribution in [0.25, 0.3) is 0 Å². The van der Waals surface area contributed by atoms with Gasteiger partial charge in [-0.3, -0.25) is 0 Å². The zero-order valence-corrected chi connectivity index (χ0v) is 14.2. The molecule has 1 aromatic heterocycles. The molecule has 2 unspecified atom stereocenters. The second kappa shape index (κ2) is 7.88. The standard InChI is InChI=1S/C18H31N3/c1-5-10-19-11-6-7-17-14(3)20-18(21-15(17)4)16-9-8-13(2)12-16/h13,16,19H,5-12H2,1-4H3. The zero-order valence-electron chi connectivity index (χ0n) is 14.2. The van der Waals surface area contributed by atoms with E-state index in [1.807, 2.05) is 0 Å². The average Bonchev–Trinajstić information content (AvgIpc) is 2.87. The fraction of sp³-hybridized carbons (Fsp3) is 0.778. The monoisotopic (exact) mass is 289 g/mol. The Balaban J connectivity index is 1.97. The summed E-state index contributed by atoms with van der Waals surface area (Å²) < 4.78 is 0. The van der Waals surface area contributed by atoms with E-state index in [0.717, 1.165) is 31.3 Å². The van der Waals surface area contributed by atoms with E-state index in [0.29, 0.717) is 5.92 Å². The van der Waals surface area contributed by atoms with Crippen molar-refractivity contribution < 1.29 is 0 Å². The molecule has 0 saturated heterocycles. The van der Waals surface area contributed by atoms with Crippen molar-refractivity contribution in [2.45, 2.75) is 72.1 Å². The van der Waals surface area contributed by atoms with Crippen LogP contribution in [-0.4, -0.2) is 23.1 Å². The molecule has 1 aliphatic rings. The van der Waals surface area contributed by atoms with Gasteiger partial charge < -0.3 is 5.32 Å². The lowest BCUT2D eigenvalue weighted by Crippen LogP contribution is -2.17. The molecule has 0 spiro atoms. The first-order valence-corrected chi connectivity index (χ1v) is 8.66. The Morgan fingerprint density at radius 2 is 1.81 bits per heavy atom. The second-order valence-corrected chi connectivity index (χ2v) is 6.70. The van der Waals surface area contributed by atoms with Crippen molar-refractivity contribution in [2.75, 3.05) is 13.1 Å². The van der Waals surface area contributed by atoms with E-state index in [9.17, 15) is 0 Å². The van der Waals surface area contributed by atoms with Gasteiger partial charge in [0.15, 0.2) is 0 Å². The lowest BCUT2D eigenvalue weighted by molar-refractivity contribution is 0.581. The summed E-state index contributed by atoms with van der Waals surface area (Å²) in [5.41, 5.74) is 3.77. The van der Waals surface area contributed by atoms with Crippen molar-refractivity contribution in [2.24, 2.45) is 5.92 Å². The molecule has 3 heteroatoms. The average molecular weight is 289 g/mol. The summed E-state index contributed by atoms with van der Waals surface area (Å²) in [7, 11) is 0. The quantitative estimate of drug-likeness (QED) is 0.773. The molecule has 0 bridgehead atoms. The molecule has 1 N–H and O–H groups in total. The minimum atomic E-state index is 0.595. The van der Waals surface area contributed by atoms with Crippen molar-refractivity contribution in [1.29, 1.82) is 0 Å². The maximum atomic E-state index is 4.83. The zero-order chi connectivity index (χ0) is 15.2. The predicted molar refractivity (Wildman–Crippen MR) is 88.7 cm³/mol. The van der Waals surface area contributed by atoms with Gasteiger partial charge in [-0.2, -0.15) is 0 Å². The molecule has 1 aliphatic carbocycles. The first-order chi connectivity index (χ1) is 10.1. The highest BCUT2D eigenvalue weighted by molar-refractivity contribution is 5.25. The largest absolute Gasteiger partial charge is 0.317 e. The van der Waals surface area contributed by atoms with E-state index in [4.69, 9.17) is 9.97 Å². The Morgan fingerprint density at radius 3 is 2.38 bits per heavy atom. The lowest BCUT2D eigenvalue weighted by atomic mass is 10.0. The molecular formula is C18H31N3. The minimum absolute atomic E-state index is 0.595. The summed E-state index contributed by atoms with van der Waals surface area (Å²) in [5, 5.41) is 3.46. The summed E-state index contributed by atoms with van der Waals surface area (Å²) in [4.78, 5) is 9.67. The fourth-order valence-electron chi connectivity index (χ4n) is 3.44. The van der Waals surface area contributed by atoms with E-state index in [1.165, 1.54) is 49.1 Å². The molecular weight excluding hydrogens is 258 g/mol. The summed E-state index contributed by atoms with van der Waals surface area (Å²) >= 11 is 0. The molecule has 2 atom stereocenters. The Bertz CT molecular complexity index is 433. The first kappa shape index (κ1) is 16.4. The van der Waals surface area contributed by atoms with Gasteiger partial charge in [0.25, 0.3) is 0 Å². The van der Waals surface area contributed by atoms with Gasteiger partial charge in [-0.25, -0.2) is 9.97 Å². The molecule has 0 radical (unpaired) electrons. The summed E-state index contributed by atoms with van der Waals surface area (Å²) in [6.07, 6.45) is 7.33. The number of nitrogens with one attached hydrogen (secondary N) is 1. The van der Waals surface area contributed by atoms with Crippen LogP contribution < -0.4 is 5.32 Å². The fourth-order valence-corrected chi connectivity index (χ4v) is 3.44. The highest BCUT2D eigenvalue weighted by Crippen LogP contribution is 2.36. The molecule has 1 fully saturated rings. The van der Waals surface area contributed by atoms with Crippen LogP contribution in [0.4, 0.5) is 0 Å². The van der Waals surface area contributed by atoms with E-state index < -0.39 is 0 Å². The van der Waals surface area contributed by atoms with Crippen LogP contribution in [-0.2, 0) is 6.42 Å². The third kappa shape index (κ3) is 4.50. The van der Waals surface area contributed by atoms with Crippen LogP contribution in [0, 0.1) is 19.8 Å². The minimum Gasteiger partial charge on any atom is -0.317 e. The summed E-state index contributed by atoms with van der Waals surface area (Å²) in [5.74, 6) is 2.53. The van der Waals surface area contributed by atoms with Crippen molar-refractivity contribution in [3.8, 4) is 0 Å². The Kier molecular flexibility index (Phi) is 6.16. The highest BCUT2D eigenvalue weighted by Gasteiger charge is 2.25. The normalized spacial score (nSPS) is 21.9. The van der Waals surface area contributed by atoms with E-state index in [-0.39, 0.29) is 0 Å². The van der Waals surface area contributed by atoms with Crippen LogP contribution in [0.3, 0.4) is 0 Å². The van der Waals surface area contributed by atoms with Gasteiger partial charge in [0.05, 0.1) is 0 Å². The maximum absolute atomic E-state index is 4.83. The third-order valence-electron chi connectivity index (χ3n) is 4.71. The molecule has 3 nitrogen and oxygen atoms in total. The topological polar surface area (TPSA) is 37.8 Å². The lowest BCUT2D eigenvalue weighted by Gasteiger charge is -2.14. The van der Waals surface area contributed by atoms with E-state index in [1.54, 1.807) is 0 Å². The van der Waals surface area contributed by atoms with Crippen LogP contribution in [0.5, 0.6) is 0 Å². The van der Waals surface area contributed by atoms with Gasteiger partial charge in [0.2, 0.25) is 0 Å². The number of hydrogen-bond acceptors (Lipinski definition) is 3. The van der Waals surface area contributed by atoms with Crippen LogP contribution >= 0.6 is 0 Å². The first-order valence-electron chi connectivity index (χ1n) is 8.66. The molecule has 118 valence electrons. The molecule has 0 aliphatic heterocycles. The van der Waals surface area contributed by atoms with Gasteiger partial charge in [-0.05, 0) is 76.9 Å². The van der Waals surface area contributed by atoms with Crippen LogP contribution in [0.15, 0.2) is 0 Å². The van der Waals surface area contributed by atoms with Gasteiger partial charge in [0, 0.05) is 17.3 Å². The van der Waals surface area contributed by atoms with Crippen molar-refractivity contribution in [3.05, 3.63) is 22.8 Å². The highest BCUT2D eigenvalue weighted by atomic mass is 14.9. The van der Waals surface area contributed by atoms with Crippen LogP contribution in [0.1, 0.15) is 74.6 Å². The number of rotatable bonds is 7. The number of nitrogens with zero attached hydrogens (tertiary/aromatic N) is 2. The Morgan fingerprint density at radius 1 is 1.10 bits per heavy atom. The second-order valence-electron chi connectivity index (χ2n) is 6.70.